The standard InChI is InChI=1S/C18H19ClN2O5/c1-3-25-16-8-5-12(9-17(16)26-4-2)11-20-18(22)14-7-6-13(21(23)24)10-15(14)19/h5-10H,3-4,11H2,1-2H3,(H,20,22). The number of nitro benzene ring substituents is 1. The Kier molecular flexibility index (Phi) is 6.80. The van der Waals surface area contributed by atoms with Gasteiger partial charge in [0.25, 0.3) is 11.6 Å². The Morgan fingerprint density at radius 1 is 1.12 bits per heavy atom. The minimum atomic E-state index is -0.567. The molecular formula is C18H19ClN2O5. The normalized spacial score (nSPS) is 10.3. The first-order chi connectivity index (χ1) is 12.5. The summed E-state index contributed by atoms with van der Waals surface area (Å²) >= 11 is 5.97. The van der Waals surface area contributed by atoms with Crippen LogP contribution in [0.5, 0.6) is 11.5 Å². The number of carbonyl (C=O) groups excluding carboxylic acids is 1. The molecule has 26 heavy (non-hydrogen) atoms. The lowest BCUT2D eigenvalue weighted by atomic mass is 10.1. The maximum Gasteiger partial charge on any atom is 0.270 e. The highest BCUT2D eigenvalue weighted by Crippen LogP contribution is 2.28. The number of nitro groups is 1. The van der Waals surface area contributed by atoms with Crippen LogP contribution in [0.1, 0.15) is 29.8 Å². The molecule has 0 aliphatic carbocycles. The van der Waals surface area contributed by atoms with Gasteiger partial charge in [-0.25, -0.2) is 0 Å². The zero-order valence-electron chi connectivity index (χ0n) is 14.5. The first-order valence-corrected chi connectivity index (χ1v) is 8.44. The van der Waals surface area contributed by atoms with Crippen molar-refractivity contribution < 1.29 is 19.2 Å². The number of non-ortho nitro benzene ring substituents is 1. The van der Waals surface area contributed by atoms with Gasteiger partial charge in [-0.05, 0) is 37.6 Å². The number of ether oxygens (including phenoxy) is 2. The molecule has 1 amide bonds. The molecule has 2 rings (SSSR count). The molecule has 7 nitrogen and oxygen atoms in total. The summed E-state index contributed by atoms with van der Waals surface area (Å²) in [6.07, 6.45) is 0. The van der Waals surface area contributed by atoms with Crippen LogP contribution in [0.3, 0.4) is 0 Å². The summed E-state index contributed by atoms with van der Waals surface area (Å²) in [5, 5.41) is 13.5. The van der Waals surface area contributed by atoms with Gasteiger partial charge in [0, 0.05) is 18.7 Å². The topological polar surface area (TPSA) is 90.7 Å². The van der Waals surface area contributed by atoms with E-state index in [1.54, 1.807) is 12.1 Å². The molecule has 2 aromatic rings. The fraction of sp³-hybridized carbons (Fsp3) is 0.278. The average Bonchev–Trinajstić information content (AvgIpc) is 2.61. The third-order valence-corrected chi connectivity index (χ3v) is 3.78. The summed E-state index contributed by atoms with van der Waals surface area (Å²) in [7, 11) is 0. The van der Waals surface area contributed by atoms with Gasteiger partial charge in [-0.2, -0.15) is 0 Å². The number of hydrogen-bond donors (Lipinski definition) is 1. The summed E-state index contributed by atoms with van der Waals surface area (Å²) in [6, 6.07) is 9.14. The van der Waals surface area contributed by atoms with Gasteiger partial charge in [-0.15, -0.1) is 0 Å². The zero-order valence-corrected chi connectivity index (χ0v) is 15.2. The number of carbonyl (C=O) groups is 1. The van der Waals surface area contributed by atoms with Crippen molar-refractivity contribution in [3.63, 3.8) is 0 Å². The van der Waals surface area contributed by atoms with Crippen molar-refractivity contribution in [2.75, 3.05) is 13.2 Å². The number of benzene rings is 2. The molecule has 0 heterocycles. The summed E-state index contributed by atoms with van der Waals surface area (Å²) < 4.78 is 11.1. The van der Waals surface area contributed by atoms with E-state index in [1.807, 2.05) is 19.9 Å². The second kappa shape index (κ2) is 9.05. The Morgan fingerprint density at radius 2 is 1.81 bits per heavy atom. The Morgan fingerprint density at radius 3 is 2.42 bits per heavy atom. The van der Waals surface area contributed by atoms with Gasteiger partial charge >= 0.3 is 0 Å². The third kappa shape index (κ3) is 4.86. The smallest absolute Gasteiger partial charge is 0.270 e. The molecule has 2 aromatic carbocycles. The molecule has 0 unspecified atom stereocenters. The van der Waals surface area contributed by atoms with Crippen LogP contribution < -0.4 is 14.8 Å². The molecule has 1 N–H and O–H groups in total. The van der Waals surface area contributed by atoms with Gasteiger partial charge in [0.1, 0.15) is 0 Å². The molecule has 0 spiro atoms. The molecule has 0 aromatic heterocycles. The molecule has 0 saturated heterocycles. The Bertz CT molecular complexity index is 810. The molecule has 0 aliphatic heterocycles. The minimum absolute atomic E-state index is 0.0263. The summed E-state index contributed by atoms with van der Waals surface area (Å²) in [4.78, 5) is 22.4. The van der Waals surface area contributed by atoms with Crippen molar-refractivity contribution in [3.05, 3.63) is 62.7 Å². The van der Waals surface area contributed by atoms with Crippen LogP contribution in [0.25, 0.3) is 0 Å². The Balaban J connectivity index is 2.09. The lowest BCUT2D eigenvalue weighted by Crippen LogP contribution is -2.23. The number of hydrogen-bond acceptors (Lipinski definition) is 5. The highest BCUT2D eigenvalue weighted by Gasteiger charge is 2.15. The van der Waals surface area contributed by atoms with Crippen LogP contribution in [0.2, 0.25) is 5.02 Å². The molecule has 8 heteroatoms. The lowest BCUT2D eigenvalue weighted by Gasteiger charge is -2.13. The van der Waals surface area contributed by atoms with Crippen LogP contribution in [-0.4, -0.2) is 24.0 Å². The number of amides is 1. The van der Waals surface area contributed by atoms with E-state index in [-0.39, 0.29) is 22.8 Å². The van der Waals surface area contributed by atoms with Gasteiger partial charge in [0.2, 0.25) is 0 Å². The average molecular weight is 379 g/mol. The lowest BCUT2D eigenvalue weighted by molar-refractivity contribution is -0.384. The SMILES string of the molecule is CCOc1ccc(CNC(=O)c2ccc([N+](=O)[O-])cc2Cl)cc1OCC. The summed E-state index contributed by atoms with van der Waals surface area (Å²) in [5.74, 6) is 0.828. The highest BCUT2D eigenvalue weighted by molar-refractivity contribution is 6.34. The molecule has 0 fully saturated rings. The zero-order chi connectivity index (χ0) is 19.1. The third-order valence-electron chi connectivity index (χ3n) is 3.47. The predicted molar refractivity (Wildman–Crippen MR) is 98.1 cm³/mol. The molecule has 0 saturated carbocycles. The van der Waals surface area contributed by atoms with Crippen LogP contribution >= 0.6 is 11.6 Å². The van der Waals surface area contributed by atoms with E-state index in [2.05, 4.69) is 5.32 Å². The van der Waals surface area contributed by atoms with Gasteiger partial charge in [0.15, 0.2) is 11.5 Å². The van der Waals surface area contributed by atoms with Gasteiger partial charge < -0.3 is 14.8 Å². The second-order valence-electron chi connectivity index (χ2n) is 5.25. The highest BCUT2D eigenvalue weighted by atomic mass is 35.5. The molecule has 138 valence electrons. The Labute approximate surface area is 156 Å². The minimum Gasteiger partial charge on any atom is -0.490 e. The predicted octanol–water partition coefficient (Wildman–Crippen LogP) is 3.98. The molecule has 0 aliphatic rings. The first-order valence-electron chi connectivity index (χ1n) is 8.06. The van der Waals surface area contributed by atoms with Crippen molar-refractivity contribution in [3.8, 4) is 11.5 Å². The number of halogens is 1. The number of rotatable bonds is 8. The van der Waals surface area contributed by atoms with Crippen molar-refractivity contribution in [2.24, 2.45) is 0 Å². The maximum absolute atomic E-state index is 12.3. The van der Waals surface area contributed by atoms with Crippen molar-refractivity contribution in [2.45, 2.75) is 20.4 Å². The van der Waals surface area contributed by atoms with E-state index in [0.717, 1.165) is 11.6 Å². The van der Waals surface area contributed by atoms with Crippen LogP contribution in [0, 0.1) is 10.1 Å². The van der Waals surface area contributed by atoms with Crippen LogP contribution in [-0.2, 0) is 6.54 Å². The molecule has 0 radical (unpaired) electrons. The van der Waals surface area contributed by atoms with Gasteiger partial charge in [-0.3, -0.25) is 14.9 Å². The first kappa shape index (κ1) is 19.5. The van der Waals surface area contributed by atoms with E-state index in [4.69, 9.17) is 21.1 Å². The fourth-order valence-corrected chi connectivity index (χ4v) is 2.55. The molecule has 0 bridgehead atoms. The van der Waals surface area contributed by atoms with E-state index >= 15 is 0 Å². The van der Waals surface area contributed by atoms with Crippen LogP contribution in [0.4, 0.5) is 5.69 Å². The van der Waals surface area contributed by atoms with Crippen molar-refractivity contribution in [1.29, 1.82) is 0 Å². The second-order valence-corrected chi connectivity index (χ2v) is 5.66. The quantitative estimate of drug-likeness (QED) is 0.554. The van der Waals surface area contributed by atoms with Gasteiger partial charge in [0.05, 0.1) is 28.7 Å². The van der Waals surface area contributed by atoms with Gasteiger partial charge in [-0.1, -0.05) is 17.7 Å². The van der Waals surface area contributed by atoms with Crippen LogP contribution in [0.15, 0.2) is 36.4 Å². The van der Waals surface area contributed by atoms with Crippen molar-refractivity contribution >= 4 is 23.2 Å². The summed E-state index contributed by atoms with van der Waals surface area (Å²) in [5.41, 5.74) is 0.830. The Hall–Kier alpha value is -2.80. The number of nitrogens with zero attached hydrogens (tertiary/aromatic N) is 1. The van der Waals surface area contributed by atoms with E-state index in [9.17, 15) is 14.9 Å². The van der Waals surface area contributed by atoms with Crippen molar-refractivity contribution in [1.82, 2.24) is 5.32 Å². The molecule has 0 atom stereocenters. The van der Waals surface area contributed by atoms with E-state index < -0.39 is 10.8 Å². The monoisotopic (exact) mass is 378 g/mol. The summed E-state index contributed by atoms with van der Waals surface area (Å²) in [6.45, 7) is 5.03. The van der Waals surface area contributed by atoms with E-state index in [1.165, 1.54) is 12.1 Å². The fourth-order valence-electron chi connectivity index (χ4n) is 2.28. The van der Waals surface area contributed by atoms with E-state index in [0.29, 0.717) is 24.7 Å². The largest absolute Gasteiger partial charge is 0.490 e. The maximum atomic E-state index is 12.3. The number of nitrogens with one attached hydrogen (secondary N) is 1. The molecular weight excluding hydrogens is 360 g/mol.